The van der Waals surface area contributed by atoms with E-state index in [4.69, 9.17) is 0 Å². The summed E-state index contributed by atoms with van der Waals surface area (Å²) in [5, 5.41) is 4.68. The second-order valence-electron chi connectivity index (χ2n) is 17.6. The fourth-order valence-corrected chi connectivity index (χ4v) is 20.3. The van der Waals surface area contributed by atoms with Crippen LogP contribution in [0.25, 0.3) is 86.6 Å². The Morgan fingerprint density at radius 2 is 0.662 bits per heavy atom. The highest BCUT2D eigenvalue weighted by Gasteiger charge is 2.41. The minimum atomic E-state index is -4.31. The Morgan fingerprint density at radius 3 is 1.11 bits per heavy atom. The number of hydrogen-bond donors (Lipinski definition) is 0. The molecule has 0 saturated heterocycles. The van der Waals surface area contributed by atoms with E-state index in [9.17, 15) is 33.7 Å². The number of sulfone groups is 4. The Labute approximate surface area is 410 Å². The Hall–Kier alpha value is -7.66. The summed E-state index contributed by atoms with van der Waals surface area (Å²) in [6.45, 7) is 0. The maximum atomic E-state index is 14.5. The third kappa shape index (κ3) is 5.66. The molecule has 2 aliphatic rings. The fraction of sp³-hybridized carbons (Fsp3) is 0. The number of para-hydroxylation sites is 4. The van der Waals surface area contributed by atoms with Crippen LogP contribution in [0.15, 0.2) is 233 Å². The molecule has 0 amide bonds. The summed E-state index contributed by atoms with van der Waals surface area (Å²) in [6, 6.07) is 56.4. The zero-order chi connectivity index (χ0) is 48.3. The van der Waals surface area contributed by atoms with Crippen molar-refractivity contribution in [1.82, 2.24) is 9.13 Å². The van der Waals surface area contributed by atoms with Crippen LogP contribution in [-0.4, -0.2) is 42.8 Å². The van der Waals surface area contributed by atoms with Crippen LogP contribution >= 0.6 is 11.3 Å². The van der Waals surface area contributed by atoms with E-state index in [0.29, 0.717) is 32.9 Å². The predicted molar refractivity (Wildman–Crippen MR) is 276 cm³/mol. The van der Waals surface area contributed by atoms with Crippen LogP contribution in [0.1, 0.15) is 0 Å². The first kappa shape index (κ1) is 42.2. The van der Waals surface area contributed by atoms with Crippen LogP contribution in [0, 0.1) is 0 Å². The van der Waals surface area contributed by atoms with Gasteiger partial charge in [-0.25, -0.2) is 33.7 Å². The van der Waals surface area contributed by atoms with Crippen molar-refractivity contribution in [3.05, 3.63) is 194 Å². The minimum Gasteiger partial charge on any atom is -0.309 e. The van der Waals surface area contributed by atoms with Crippen molar-refractivity contribution in [3.63, 3.8) is 0 Å². The topological polar surface area (TPSA) is 146 Å². The molecule has 344 valence electrons. The highest BCUT2D eigenvalue weighted by atomic mass is 32.2. The zero-order valence-corrected chi connectivity index (χ0v) is 40.8. The second kappa shape index (κ2) is 14.5. The van der Waals surface area contributed by atoms with E-state index >= 15 is 0 Å². The predicted octanol–water partition coefficient (Wildman–Crippen LogP) is 12.4. The molecule has 0 N–H and O–H groups in total. The number of rotatable bonds is 4. The van der Waals surface area contributed by atoms with Gasteiger partial charge in [0.25, 0.3) is 0 Å². The number of aromatic nitrogens is 2. The van der Waals surface area contributed by atoms with Crippen molar-refractivity contribution < 1.29 is 33.7 Å². The first-order valence-electron chi connectivity index (χ1n) is 22.3. The zero-order valence-electron chi connectivity index (χ0n) is 36.7. The van der Waals surface area contributed by atoms with Gasteiger partial charge in [-0.1, -0.05) is 109 Å². The molecule has 3 aromatic heterocycles. The van der Waals surface area contributed by atoms with Crippen molar-refractivity contribution in [1.29, 1.82) is 0 Å². The smallest absolute Gasteiger partial charge is 0.209 e. The molecule has 71 heavy (non-hydrogen) atoms. The Balaban J connectivity index is 1.13. The fourth-order valence-electron chi connectivity index (χ4n) is 10.7. The average molecular weight is 1020 g/mol. The summed E-state index contributed by atoms with van der Waals surface area (Å²) in [4.78, 5) is -1.73. The Bertz CT molecular complexity index is 4630. The average Bonchev–Trinajstić information content (AvgIpc) is 4.04. The number of fused-ring (bicyclic) bond motifs is 11. The van der Waals surface area contributed by atoms with E-state index in [1.54, 1.807) is 12.1 Å². The summed E-state index contributed by atoms with van der Waals surface area (Å²) in [5.74, 6) is 0. The molecule has 0 radical (unpaired) electrons. The first-order valence-corrected chi connectivity index (χ1v) is 29.1. The summed E-state index contributed by atoms with van der Waals surface area (Å²) in [7, 11) is -17.1. The number of hydrogen-bond acceptors (Lipinski definition) is 9. The molecule has 14 rings (SSSR count). The summed E-state index contributed by atoms with van der Waals surface area (Å²) in [6.07, 6.45) is 0. The maximum absolute atomic E-state index is 14.5. The highest BCUT2D eigenvalue weighted by molar-refractivity contribution is 7.98. The van der Waals surface area contributed by atoms with E-state index in [1.165, 1.54) is 84.1 Å². The molecule has 9 aromatic carbocycles. The molecule has 5 heterocycles. The lowest BCUT2D eigenvalue weighted by Crippen LogP contribution is -2.19. The van der Waals surface area contributed by atoms with Crippen LogP contribution in [0.3, 0.4) is 0 Å². The molecule has 0 saturated carbocycles. The lowest BCUT2D eigenvalue weighted by molar-refractivity contribution is 0.570. The van der Waals surface area contributed by atoms with Gasteiger partial charge in [-0.15, -0.1) is 11.3 Å². The third-order valence-electron chi connectivity index (χ3n) is 13.9. The normalized spacial score (nSPS) is 15.9. The van der Waals surface area contributed by atoms with Gasteiger partial charge in [0.2, 0.25) is 39.3 Å². The highest BCUT2D eigenvalue weighted by Crippen LogP contribution is 2.51. The lowest BCUT2D eigenvalue weighted by atomic mass is 10.0. The third-order valence-corrected chi connectivity index (χ3v) is 23.0. The van der Waals surface area contributed by atoms with E-state index in [-0.39, 0.29) is 39.2 Å². The molecule has 0 unspecified atom stereocenters. The van der Waals surface area contributed by atoms with Gasteiger partial charge in [0.15, 0.2) is 0 Å². The van der Waals surface area contributed by atoms with Crippen LogP contribution < -0.4 is 0 Å². The van der Waals surface area contributed by atoms with Gasteiger partial charge >= 0.3 is 0 Å². The lowest BCUT2D eigenvalue weighted by Gasteiger charge is -2.21. The molecule has 15 heteroatoms. The minimum absolute atomic E-state index is 0.269. The van der Waals surface area contributed by atoms with Crippen LogP contribution in [0.2, 0.25) is 0 Å². The van der Waals surface area contributed by atoms with Crippen molar-refractivity contribution in [2.24, 2.45) is 0 Å². The van der Waals surface area contributed by atoms with Crippen molar-refractivity contribution >= 4 is 104 Å². The SMILES string of the molecule is O=S1(=O)c2ccccc2S(=O)(=O)c2cc(-c3cc4sc(-c5ccc6c(c5)S(=O)(=O)c5ccccc5S6(=O)=O)c(-n5c6ccccc6c6ccccc65)c4cc3-n3c4ccccc4c4ccccc43)ccc21. The van der Waals surface area contributed by atoms with Gasteiger partial charge in [-0.05, 0) is 96.1 Å². The summed E-state index contributed by atoms with van der Waals surface area (Å²) in [5.41, 5.74) is 6.35. The molecule has 0 fully saturated rings. The molecule has 10 nitrogen and oxygen atoms in total. The Kier molecular flexibility index (Phi) is 8.61. The molecular formula is C56H32N2O8S5. The van der Waals surface area contributed by atoms with Crippen molar-refractivity contribution in [2.75, 3.05) is 0 Å². The molecule has 0 spiro atoms. The molecule has 0 aliphatic carbocycles. The molecule has 12 aromatic rings. The number of thiophene rings is 1. The van der Waals surface area contributed by atoms with Crippen LogP contribution in [0.4, 0.5) is 0 Å². The van der Waals surface area contributed by atoms with Crippen LogP contribution in [0.5, 0.6) is 0 Å². The van der Waals surface area contributed by atoms with Gasteiger partial charge in [0, 0.05) is 37.2 Å². The molecule has 0 bridgehead atoms. The standard InChI is InChI=1S/C56H32N2O8S5/c59-68(60)47-21-9-11-23-49(47)70(63,64)53-29-33(25-27-51(53)68)39-32-46-40(31-45(39)57-41-17-5-1-13-35(41)36-14-2-6-18-42(36)57)55(58-43-19-7-3-15-37(43)38-16-4-8-20-44(38)58)56(67-46)34-26-28-52-54(30-34)71(65,66)50-24-12-10-22-48(50)69(52,61)62/h1-32H. The largest absolute Gasteiger partial charge is 0.309 e. The van der Waals surface area contributed by atoms with E-state index < -0.39 is 39.3 Å². The van der Waals surface area contributed by atoms with Gasteiger partial charge in [-0.2, -0.15) is 0 Å². The summed E-state index contributed by atoms with van der Waals surface area (Å²) >= 11 is 1.38. The van der Waals surface area contributed by atoms with Crippen molar-refractivity contribution in [2.45, 2.75) is 39.2 Å². The first-order chi connectivity index (χ1) is 34.3. The molecular weight excluding hydrogens is 989 g/mol. The Morgan fingerprint density at radius 1 is 0.310 bits per heavy atom. The molecule has 0 atom stereocenters. The monoisotopic (exact) mass is 1020 g/mol. The van der Waals surface area contributed by atoms with Gasteiger partial charge < -0.3 is 9.13 Å². The second-order valence-corrected chi connectivity index (χ2v) is 26.2. The maximum Gasteiger partial charge on any atom is 0.209 e. The van der Waals surface area contributed by atoms with Gasteiger partial charge in [0.1, 0.15) is 0 Å². The summed E-state index contributed by atoms with van der Waals surface area (Å²) < 4.78 is 119. The van der Waals surface area contributed by atoms with E-state index in [2.05, 4.69) is 39.5 Å². The van der Waals surface area contributed by atoms with Crippen molar-refractivity contribution in [3.8, 4) is 32.9 Å². The quantitative estimate of drug-likeness (QED) is 0.169. The number of nitrogens with zero attached hydrogens (tertiary/aromatic N) is 2. The van der Waals surface area contributed by atoms with Gasteiger partial charge in [0.05, 0.1) is 77.5 Å². The van der Waals surface area contributed by atoms with Gasteiger partial charge in [-0.3, -0.25) is 0 Å². The van der Waals surface area contributed by atoms with E-state index in [1.807, 2.05) is 78.9 Å². The number of benzene rings is 9. The van der Waals surface area contributed by atoms with E-state index in [0.717, 1.165) is 53.7 Å². The van der Waals surface area contributed by atoms with Crippen LogP contribution in [-0.2, 0) is 39.3 Å². The molecule has 2 aliphatic heterocycles.